The molecule has 5 aromatic carbocycles. The lowest BCUT2D eigenvalue weighted by Crippen LogP contribution is -2.17. The van der Waals surface area contributed by atoms with Crippen molar-refractivity contribution in [2.45, 2.75) is 26.7 Å². The van der Waals surface area contributed by atoms with E-state index in [0.29, 0.717) is 0 Å². The number of para-hydroxylation sites is 4. The Balaban J connectivity index is 1.23. The topological polar surface area (TPSA) is 6.48 Å². The molecule has 0 saturated heterocycles. The van der Waals surface area contributed by atoms with Crippen LogP contribution >= 0.6 is 0 Å². The van der Waals surface area contributed by atoms with E-state index in [9.17, 15) is 0 Å². The van der Waals surface area contributed by atoms with E-state index in [1.807, 2.05) is 0 Å². The summed E-state index contributed by atoms with van der Waals surface area (Å²) < 4.78 is 0. The lowest BCUT2D eigenvalue weighted by atomic mass is 9.99. The van der Waals surface area contributed by atoms with Gasteiger partial charge in [-0.25, -0.2) is 0 Å². The van der Waals surface area contributed by atoms with Crippen LogP contribution in [0.5, 0.6) is 0 Å². The quantitative estimate of drug-likeness (QED) is 0.204. The highest BCUT2D eigenvalue weighted by atomic mass is 15.2. The highest BCUT2D eigenvalue weighted by molar-refractivity contribution is 5.93. The molecular formula is C42H36N2. The molecular weight excluding hydrogens is 532 g/mol. The van der Waals surface area contributed by atoms with Gasteiger partial charge in [-0.1, -0.05) is 115 Å². The maximum atomic E-state index is 2.41. The molecule has 0 aromatic heterocycles. The molecule has 0 N–H and O–H groups in total. The van der Waals surface area contributed by atoms with Crippen LogP contribution in [0.2, 0.25) is 0 Å². The minimum atomic E-state index is 0.976. The highest BCUT2D eigenvalue weighted by Crippen LogP contribution is 2.42. The summed E-state index contributed by atoms with van der Waals surface area (Å²) in [6.45, 7) is 4.38. The summed E-state index contributed by atoms with van der Waals surface area (Å²) in [7, 11) is 0. The normalized spacial score (nSPS) is 17.1. The van der Waals surface area contributed by atoms with Gasteiger partial charge in [0.15, 0.2) is 0 Å². The Morgan fingerprint density at radius 2 is 1.02 bits per heavy atom. The van der Waals surface area contributed by atoms with Crippen molar-refractivity contribution < 1.29 is 0 Å². The number of aryl methyl sites for hydroxylation is 2. The molecule has 7 rings (SSSR count). The summed E-state index contributed by atoms with van der Waals surface area (Å²) in [6.07, 6.45) is 15.7. The van der Waals surface area contributed by atoms with Crippen LogP contribution in [0, 0.1) is 13.8 Å². The van der Waals surface area contributed by atoms with E-state index in [-0.39, 0.29) is 0 Å². The first-order valence-electron chi connectivity index (χ1n) is 15.4. The molecule has 44 heavy (non-hydrogen) atoms. The lowest BCUT2D eigenvalue weighted by molar-refractivity contribution is 1.02. The van der Waals surface area contributed by atoms with Crippen LogP contribution in [0.4, 0.5) is 28.4 Å². The first kappa shape index (κ1) is 27.5. The zero-order chi connectivity index (χ0) is 29.9. The van der Waals surface area contributed by atoms with Crippen molar-refractivity contribution >= 4 is 46.2 Å². The van der Waals surface area contributed by atoms with Gasteiger partial charge in [-0.2, -0.15) is 0 Å². The molecule has 0 fully saturated rings. The number of hydrogen-bond donors (Lipinski definition) is 0. The average molecular weight is 569 g/mol. The van der Waals surface area contributed by atoms with Gasteiger partial charge in [0.2, 0.25) is 0 Å². The van der Waals surface area contributed by atoms with E-state index >= 15 is 0 Å². The lowest BCUT2D eigenvalue weighted by Gasteiger charge is -2.30. The summed E-state index contributed by atoms with van der Waals surface area (Å²) in [4.78, 5) is 4.79. The molecule has 5 aromatic rings. The largest absolute Gasteiger partial charge is 0.310 e. The van der Waals surface area contributed by atoms with Gasteiger partial charge in [0.25, 0.3) is 0 Å². The summed E-state index contributed by atoms with van der Waals surface area (Å²) >= 11 is 0. The van der Waals surface area contributed by atoms with E-state index in [0.717, 1.165) is 18.5 Å². The minimum absolute atomic E-state index is 0.976. The van der Waals surface area contributed by atoms with Crippen molar-refractivity contribution in [1.29, 1.82) is 0 Å². The van der Waals surface area contributed by atoms with Gasteiger partial charge in [-0.3, -0.25) is 0 Å². The molecule has 0 saturated carbocycles. The predicted octanol–water partition coefficient (Wildman–Crippen LogP) is 11.7. The average Bonchev–Trinajstić information content (AvgIpc) is 3.21. The van der Waals surface area contributed by atoms with Crippen molar-refractivity contribution in [2.24, 2.45) is 0 Å². The first-order valence-corrected chi connectivity index (χ1v) is 15.4. The molecule has 1 aliphatic heterocycles. The third kappa shape index (κ3) is 5.31. The van der Waals surface area contributed by atoms with Gasteiger partial charge in [0, 0.05) is 22.8 Å². The summed E-state index contributed by atoms with van der Waals surface area (Å²) in [5, 5.41) is 0. The maximum absolute atomic E-state index is 2.41. The number of benzene rings is 5. The minimum Gasteiger partial charge on any atom is -0.310 e. The molecule has 0 amide bonds. The molecule has 0 radical (unpaired) electrons. The van der Waals surface area contributed by atoms with E-state index in [4.69, 9.17) is 0 Å². The molecule has 0 spiro atoms. The number of anilines is 5. The second-order valence-corrected chi connectivity index (χ2v) is 11.4. The monoisotopic (exact) mass is 568 g/mol. The van der Waals surface area contributed by atoms with E-state index in [1.165, 1.54) is 61.8 Å². The Kier molecular flexibility index (Phi) is 7.56. The zero-order valence-electron chi connectivity index (χ0n) is 25.3. The van der Waals surface area contributed by atoms with E-state index in [2.05, 4.69) is 181 Å². The van der Waals surface area contributed by atoms with Crippen molar-refractivity contribution in [3.05, 3.63) is 179 Å². The fourth-order valence-corrected chi connectivity index (χ4v) is 6.25. The standard InChI is InChI=1S/C42H36N2/c1-31-13-3-9-19-39(31)43(40-20-10-4-14-32(40)2)37-18-8-5-15-33(25-28-37)34-26-29-38(30-27-34)44-41-21-11-6-16-35(41)23-24-36-17-7-12-22-42(36)44/h3-4,6-7,9-30H,5,8H2,1-2H3/b28-25-,33-15-,37-18+. The van der Waals surface area contributed by atoms with Gasteiger partial charge in [0.05, 0.1) is 11.4 Å². The summed E-state index contributed by atoms with van der Waals surface area (Å²) in [6, 6.07) is 43.6. The molecule has 214 valence electrons. The van der Waals surface area contributed by atoms with Crippen LogP contribution < -0.4 is 9.80 Å². The second-order valence-electron chi connectivity index (χ2n) is 11.4. The highest BCUT2D eigenvalue weighted by Gasteiger charge is 2.20. The SMILES string of the molecule is Cc1ccccc1N(C1=C/CC/C=C(c2ccc(N3c4ccccc4C=Cc4ccccc43)cc2)/C=C\1)c1ccccc1C. The van der Waals surface area contributed by atoms with Gasteiger partial charge in [-0.15, -0.1) is 0 Å². The van der Waals surface area contributed by atoms with Crippen molar-refractivity contribution in [3.63, 3.8) is 0 Å². The molecule has 2 aliphatic rings. The summed E-state index contributed by atoms with van der Waals surface area (Å²) in [5.74, 6) is 0. The van der Waals surface area contributed by atoms with Gasteiger partial charge in [-0.05, 0) is 103 Å². The van der Waals surface area contributed by atoms with Gasteiger partial charge < -0.3 is 9.80 Å². The first-order chi connectivity index (χ1) is 21.7. The molecule has 0 bridgehead atoms. The molecule has 1 aliphatic carbocycles. The fourth-order valence-electron chi connectivity index (χ4n) is 6.25. The molecule has 0 unspecified atom stereocenters. The third-order valence-electron chi connectivity index (χ3n) is 8.55. The fraction of sp³-hybridized carbons (Fsp3) is 0.0952. The number of nitrogens with zero attached hydrogens (tertiary/aromatic N) is 2. The number of rotatable bonds is 5. The molecule has 0 atom stereocenters. The van der Waals surface area contributed by atoms with E-state index in [1.54, 1.807) is 0 Å². The van der Waals surface area contributed by atoms with Crippen molar-refractivity contribution in [2.75, 3.05) is 9.80 Å². The van der Waals surface area contributed by atoms with Crippen molar-refractivity contribution in [1.82, 2.24) is 0 Å². The van der Waals surface area contributed by atoms with Gasteiger partial charge >= 0.3 is 0 Å². The number of hydrogen-bond acceptors (Lipinski definition) is 2. The van der Waals surface area contributed by atoms with Crippen molar-refractivity contribution in [3.8, 4) is 0 Å². The number of fused-ring (bicyclic) bond motifs is 2. The van der Waals surface area contributed by atoms with E-state index < -0.39 is 0 Å². The van der Waals surface area contributed by atoms with Crippen LogP contribution in [0.25, 0.3) is 17.7 Å². The van der Waals surface area contributed by atoms with Gasteiger partial charge in [0.1, 0.15) is 0 Å². The van der Waals surface area contributed by atoms with Crippen LogP contribution in [-0.4, -0.2) is 0 Å². The molecule has 2 nitrogen and oxygen atoms in total. The van der Waals surface area contributed by atoms with Crippen LogP contribution in [0.3, 0.4) is 0 Å². The van der Waals surface area contributed by atoms with Crippen LogP contribution in [0.1, 0.15) is 40.7 Å². The Labute approximate surface area is 261 Å². The van der Waals surface area contributed by atoms with Crippen LogP contribution in [0.15, 0.2) is 151 Å². The second kappa shape index (κ2) is 12.1. The number of allylic oxidation sites excluding steroid dienone is 5. The smallest absolute Gasteiger partial charge is 0.0534 e. The summed E-state index contributed by atoms with van der Waals surface area (Å²) in [5.41, 5.74) is 14.5. The molecule has 2 heteroatoms. The maximum Gasteiger partial charge on any atom is 0.0534 e. The third-order valence-corrected chi connectivity index (χ3v) is 8.55. The molecule has 1 heterocycles. The Hall–Kier alpha value is -5.34. The zero-order valence-corrected chi connectivity index (χ0v) is 25.3. The predicted molar refractivity (Wildman–Crippen MR) is 189 cm³/mol. The Morgan fingerprint density at radius 3 is 1.61 bits per heavy atom. The Bertz CT molecular complexity index is 1840. The van der Waals surface area contributed by atoms with Crippen LogP contribution in [-0.2, 0) is 0 Å². The Morgan fingerprint density at radius 1 is 0.500 bits per heavy atom.